The second-order valence-electron chi connectivity index (χ2n) is 17.9. The van der Waals surface area contributed by atoms with Crippen molar-refractivity contribution in [1.82, 2.24) is 0 Å². The third-order valence-corrected chi connectivity index (χ3v) is 14.2. The van der Waals surface area contributed by atoms with Gasteiger partial charge in [0.05, 0.1) is 16.8 Å². The quantitative estimate of drug-likeness (QED) is 0.144. The Morgan fingerprint density at radius 1 is 0.290 bits per heavy atom. The number of para-hydroxylation sites is 4. The van der Waals surface area contributed by atoms with E-state index < -0.39 is 5.41 Å². The summed E-state index contributed by atoms with van der Waals surface area (Å²) in [6.07, 6.45) is 0. The summed E-state index contributed by atoms with van der Waals surface area (Å²) < 4.78 is 6.74. The number of benzene rings is 11. The first-order chi connectivity index (χ1) is 34.3. The zero-order chi connectivity index (χ0) is 45.7. The first-order valence-corrected chi connectivity index (χ1v) is 23.8. The highest BCUT2D eigenvalue weighted by Gasteiger charge is 2.47. The molecule has 0 aliphatic heterocycles. The topological polar surface area (TPSA) is 16.4 Å². The van der Waals surface area contributed by atoms with Gasteiger partial charge in [0.1, 0.15) is 11.2 Å². The highest BCUT2D eigenvalue weighted by molar-refractivity contribution is 6.11. The Hall–Kier alpha value is -8.98. The molecule has 0 saturated heterocycles. The molecule has 0 unspecified atom stereocenters. The molecule has 1 aliphatic carbocycles. The Morgan fingerprint density at radius 3 is 1.38 bits per heavy atom. The van der Waals surface area contributed by atoms with Gasteiger partial charge in [-0.2, -0.15) is 0 Å². The van der Waals surface area contributed by atoms with Gasteiger partial charge in [-0.3, -0.25) is 0 Å². The van der Waals surface area contributed by atoms with Gasteiger partial charge in [0.2, 0.25) is 0 Å². The number of hydrogen-bond donors (Lipinski definition) is 0. The van der Waals surface area contributed by atoms with Gasteiger partial charge in [0, 0.05) is 33.2 Å². The van der Waals surface area contributed by atoms with Gasteiger partial charge in [-0.1, -0.05) is 243 Å². The van der Waals surface area contributed by atoms with Crippen molar-refractivity contribution in [2.24, 2.45) is 0 Å². The summed E-state index contributed by atoms with van der Waals surface area (Å²) in [4.78, 5) is 2.45. The monoisotopic (exact) mass is 879 g/mol. The van der Waals surface area contributed by atoms with E-state index in [-0.39, 0.29) is 0 Å². The molecule has 0 radical (unpaired) electrons. The van der Waals surface area contributed by atoms with E-state index in [0.29, 0.717) is 0 Å². The molecular formula is C67H45NO. The summed E-state index contributed by atoms with van der Waals surface area (Å²) in [6, 6.07) is 99.2. The lowest BCUT2D eigenvalue weighted by Gasteiger charge is -2.34. The molecule has 1 aliphatic rings. The number of nitrogens with zero attached hydrogens (tertiary/aromatic N) is 1. The van der Waals surface area contributed by atoms with Crippen LogP contribution in [0.2, 0.25) is 0 Å². The van der Waals surface area contributed by atoms with Crippen LogP contribution in [0.4, 0.5) is 17.1 Å². The Balaban J connectivity index is 1.03. The lowest BCUT2D eigenvalue weighted by atomic mass is 9.67. The minimum absolute atomic E-state index is 0.522. The molecule has 2 nitrogen and oxygen atoms in total. The van der Waals surface area contributed by atoms with Crippen LogP contribution in [0, 0.1) is 0 Å². The highest BCUT2D eigenvalue weighted by Crippen LogP contribution is 2.59. The van der Waals surface area contributed by atoms with E-state index in [0.717, 1.165) is 61.3 Å². The maximum atomic E-state index is 6.74. The number of rotatable bonds is 9. The predicted molar refractivity (Wildman–Crippen MR) is 287 cm³/mol. The summed E-state index contributed by atoms with van der Waals surface area (Å²) in [5.41, 5.74) is 21.2. The molecular weight excluding hydrogens is 835 g/mol. The molecule has 69 heavy (non-hydrogen) atoms. The van der Waals surface area contributed by atoms with Crippen LogP contribution in [0.1, 0.15) is 22.3 Å². The van der Waals surface area contributed by atoms with Gasteiger partial charge in [-0.25, -0.2) is 0 Å². The van der Waals surface area contributed by atoms with E-state index in [1.54, 1.807) is 0 Å². The van der Waals surface area contributed by atoms with Crippen molar-refractivity contribution in [1.29, 1.82) is 0 Å². The first-order valence-electron chi connectivity index (χ1n) is 23.8. The summed E-state index contributed by atoms with van der Waals surface area (Å²) in [6.45, 7) is 0. The Kier molecular flexibility index (Phi) is 9.77. The minimum atomic E-state index is -0.522. The maximum Gasteiger partial charge on any atom is 0.143 e. The normalized spacial score (nSPS) is 12.5. The molecule has 0 atom stereocenters. The molecule has 0 N–H and O–H groups in total. The smallest absolute Gasteiger partial charge is 0.143 e. The van der Waals surface area contributed by atoms with Crippen molar-refractivity contribution in [3.8, 4) is 55.6 Å². The lowest BCUT2D eigenvalue weighted by molar-refractivity contribution is 0.670. The first kappa shape index (κ1) is 40.3. The maximum absolute atomic E-state index is 6.74. The number of hydrogen-bond acceptors (Lipinski definition) is 2. The van der Waals surface area contributed by atoms with E-state index in [1.807, 2.05) is 6.07 Å². The number of anilines is 3. The largest absolute Gasteiger partial charge is 0.455 e. The van der Waals surface area contributed by atoms with Crippen molar-refractivity contribution in [2.75, 3.05) is 4.90 Å². The summed E-state index contributed by atoms with van der Waals surface area (Å²) in [7, 11) is 0. The van der Waals surface area contributed by atoms with Crippen LogP contribution in [0.5, 0.6) is 0 Å². The van der Waals surface area contributed by atoms with Gasteiger partial charge >= 0.3 is 0 Å². The van der Waals surface area contributed by atoms with Crippen molar-refractivity contribution < 1.29 is 4.42 Å². The summed E-state index contributed by atoms with van der Waals surface area (Å²) in [5.74, 6) is 0. The molecule has 324 valence electrons. The van der Waals surface area contributed by atoms with Gasteiger partial charge in [0.25, 0.3) is 0 Å². The molecule has 0 spiro atoms. The summed E-state index contributed by atoms with van der Waals surface area (Å²) in [5, 5.41) is 2.22. The minimum Gasteiger partial charge on any atom is -0.455 e. The van der Waals surface area contributed by atoms with Crippen LogP contribution in [-0.2, 0) is 5.41 Å². The standard InChI is InChI=1S/C67H45NO/c1-4-20-46(21-5-1)47-38-40-48(41-39-47)49-42-44-52(45-43-49)68(63-36-16-12-27-54(63)57-31-18-32-58-55-28-13-17-37-64(55)69-66(57)58)62-35-15-11-26-53(62)56-30-19-34-61-65(56)59-29-10-14-33-60(59)67(61,50-22-6-2-7-23-50)51-24-8-3-9-25-51/h1-45H. The Bertz CT molecular complexity index is 3780. The Labute approximate surface area is 402 Å². The van der Waals surface area contributed by atoms with Crippen LogP contribution in [0.25, 0.3) is 77.6 Å². The van der Waals surface area contributed by atoms with Crippen LogP contribution < -0.4 is 4.90 Å². The third kappa shape index (κ3) is 6.56. The molecule has 0 fully saturated rings. The average Bonchev–Trinajstić information content (AvgIpc) is 3.97. The second kappa shape index (κ2) is 16.7. The van der Waals surface area contributed by atoms with E-state index in [1.165, 1.54) is 55.6 Å². The second-order valence-corrected chi connectivity index (χ2v) is 17.9. The van der Waals surface area contributed by atoms with Crippen molar-refractivity contribution in [3.63, 3.8) is 0 Å². The molecule has 12 aromatic rings. The molecule has 13 rings (SSSR count). The summed E-state index contributed by atoms with van der Waals surface area (Å²) >= 11 is 0. The van der Waals surface area contributed by atoms with Crippen LogP contribution in [-0.4, -0.2) is 0 Å². The number of fused-ring (bicyclic) bond motifs is 6. The molecule has 1 heterocycles. The third-order valence-electron chi connectivity index (χ3n) is 14.2. The zero-order valence-electron chi connectivity index (χ0n) is 37.8. The Morgan fingerprint density at radius 2 is 0.725 bits per heavy atom. The van der Waals surface area contributed by atoms with Gasteiger partial charge in [0.15, 0.2) is 0 Å². The average molecular weight is 880 g/mol. The van der Waals surface area contributed by atoms with E-state index in [9.17, 15) is 0 Å². The molecule has 0 bridgehead atoms. The highest BCUT2D eigenvalue weighted by atomic mass is 16.3. The van der Waals surface area contributed by atoms with E-state index in [4.69, 9.17) is 4.42 Å². The molecule has 0 amide bonds. The fraction of sp³-hybridized carbons (Fsp3) is 0.0149. The fourth-order valence-corrected chi connectivity index (χ4v) is 11.2. The van der Waals surface area contributed by atoms with Crippen molar-refractivity contribution in [3.05, 3.63) is 295 Å². The predicted octanol–water partition coefficient (Wildman–Crippen LogP) is 18.1. The van der Waals surface area contributed by atoms with Crippen LogP contribution in [0.15, 0.2) is 277 Å². The fourth-order valence-electron chi connectivity index (χ4n) is 11.2. The molecule has 0 saturated carbocycles. The van der Waals surface area contributed by atoms with Gasteiger partial charge in [-0.15, -0.1) is 0 Å². The SMILES string of the molecule is c1ccc(-c2ccc(-c3ccc(N(c4ccccc4-c4cccc5c4-c4ccccc4C5(c4ccccc4)c4ccccc4)c4ccccc4-c4cccc5c4oc4ccccc45)cc3)cc2)cc1. The van der Waals surface area contributed by atoms with Crippen molar-refractivity contribution in [2.45, 2.75) is 5.41 Å². The zero-order valence-corrected chi connectivity index (χ0v) is 37.8. The number of furan rings is 1. The molecule has 1 aromatic heterocycles. The van der Waals surface area contributed by atoms with E-state index in [2.05, 4.69) is 272 Å². The van der Waals surface area contributed by atoms with Crippen molar-refractivity contribution >= 4 is 39.0 Å². The van der Waals surface area contributed by atoms with Crippen LogP contribution in [0.3, 0.4) is 0 Å². The molecule has 11 aromatic carbocycles. The van der Waals surface area contributed by atoms with E-state index >= 15 is 0 Å². The molecule has 2 heteroatoms. The van der Waals surface area contributed by atoms with Gasteiger partial charge < -0.3 is 9.32 Å². The van der Waals surface area contributed by atoms with Crippen LogP contribution >= 0.6 is 0 Å². The lowest BCUT2D eigenvalue weighted by Crippen LogP contribution is -2.28. The van der Waals surface area contributed by atoms with Gasteiger partial charge in [-0.05, 0) is 91.5 Å².